The molecule has 2 aromatic carbocycles. The van der Waals surface area contributed by atoms with Crippen LogP contribution in [-0.2, 0) is 16.0 Å². The topological polar surface area (TPSA) is 128 Å². The third kappa shape index (κ3) is 6.80. The van der Waals surface area contributed by atoms with Crippen LogP contribution < -0.4 is 10.1 Å². The maximum absolute atomic E-state index is 11.8. The molecule has 154 valence electrons. The van der Waals surface area contributed by atoms with Crippen molar-refractivity contribution >= 4 is 17.7 Å². The van der Waals surface area contributed by atoms with Crippen molar-refractivity contribution in [3.05, 3.63) is 64.2 Å². The minimum absolute atomic E-state index is 0.0281. The average Bonchev–Trinajstić information content (AvgIpc) is 2.61. The van der Waals surface area contributed by atoms with Crippen molar-refractivity contribution < 1.29 is 29.1 Å². The molecule has 2 aromatic rings. The fraction of sp³-hybridized carbons (Fsp3) is 0.300. The molecule has 0 unspecified atom stereocenters. The highest BCUT2D eigenvalue weighted by molar-refractivity contribution is 5.80. The zero-order chi connectivity index (χ0) is 21.6. The van der Waals surface area contributed by atoms with E-state index in [1.807, 2.05) is 0 Å². The number of hydrogen-bond acceptors (Lipinski definition) is 6. The molecule has 1 atom stereocenters. The lowest BCUT2D eigenvalue weighted by Crippen LogP contribution is -2.44. The molecule has 2 N–H and O–H groups in total. The number of nitro groups is 1. The van der Waals surface area contributed by atoms with E-state index in [1.165, 1.54) is 18.2 Å². The first-order chi connectivity index (χ1) is 13.5. The number of hydrogen-bond donors (Lipinski definition) is 2. The van der Waals surface area contributed by atoms with Crippen molar-refractivity contribution in [2.45, 2.75) is 38.8 Å². The van der Waals surface area contributed by atoms with Gasteiger partial charge in [-0.2, -0.15) is 0 Å². The number of para-hydroxylation sites is 2. The quantitative estimate of drug-likeness (QED) is 0.531. The van der Waals surface area contributed by atoms with E-state index in [0.29, 0.717) is 11.3 Å². The van der Waals surface area contributed by atoms with E-state index in [4.69, 9.17) is 9.47 Å². The third-order valence-electron chi connectivity index (χ3n) is 3.64. The minimum Gasteiger partial charge on any atom is -0.480 e. The van der Waals surface area contributed by atoms with Gasteiger partial charge >= 0.3 is 17.7 Å². The Morgan fingerprint density at radius 3 is 2.31 bits per heavy atom. The van der Waals surface area contributed by atoms with Crippen LogP contribution in [0, 0.1) is 10.1 Å². The number of rotatable bonds is 7. The van der Waals surface area contributed by atoms with E-state index in [9.17, 15) is 24.8 Å². The first kappa shape index (κ1) is 21.7. The van der Waals surface area contributed by atoms with Crippen molar-refractivity contribution in [3.8, 4) is 11.5 Å². The van der Waals surface area contributed by atoms with Crippen LogP contribution >= 0.6 is 0 Å². The van der Waals surface area contributed by atoms with Crippen molar-refractivity contribution in [2.24, 2.45) is 0 Å². The predicted molar refractivity (Wildman–Crippen MR) is 104 cm³/mol. The summed E-state index contributed by atoms with van der Waals surface area (Å²) in [4.78, 5) is 33.8. The van der Waals surface area contributed by atoms with Crippen molar-refractivity contribution in [1.29, 1.82) is 0 Å². The SMILES string of the molecule is CC(C)(C)OC(=O)N[C@@H](Cc1ccc(Oc2ccccc2[N+](=O)[O-])cc1)C(=O)O. The Morgan fingerprint density at radius 2 is 1.76 bits per heavy atom. The summed E-state index contributed by atoms with van der Waals surface area (Å²) in [5.74, 6) is -0.744. The zero-order valence-corrected chi connectivity index (χ0v) is 16.2. The van der Waals surface area contributed by atoms with Gasteiger partial charge in [0.05, 0.1) is 4.92 Å². The van der Waals surface area contributed by atoms with E-state index >= 15 is 0 Å². The van der Waals surface area contributed by atoms with Gasteiger partial charge in [-0.3, -0.25) is 10.1 Å². The Bertz CT molecular complexity index is 888. The van der Waals surface area contributed by atoms with Crippen molar-refractivity contribution in [3.63, 3.8) is 0 Å². The molecule has 1 amide bonds. The van der Waals surface area contributed by atoms with Crippen molar-refractivity contribution in [2.75, 3.05) is 0 Å². The van der Waals surface area contributed by atoms with Gasteiger partial charge in [0.1, 0.15) is 17.4 Å². The number of nitrogens with one attached hydrogen (secondary N) is 1. The van der Waals surface area contributed by atoms with Crippen LogP contribution in [0.1, 0.15) is 26.3 Å². The Balaban J connectivity index is 2.06. The summed E-state index contributed by atoms with van der Waals surface area (Å²) in [7, 11) is 0. The molecule has 9 heteroatoms. The molecule has 0 spiro atoms. The van der Waals surface area contributed by atoms with Crippen LogP contribution in [0.25, 0.3) is 0 Å². The Labute approximate surface area is 167 Å². The molecule has 0 radical (unpaired) electrons. The number of nitrogens with zero attached hydrogens (tertiary/aromatic N) is 1. The van der Waals surface area contributed by atoms with E-state index in [1.54, 1.807) is 51.1 Å². The van der Waals surface area contributed by atoms with Crippen LogP contribution in [0.15, 0.2) is 48.5 Å². The van der Waals surface area contributed by atoms with E-state index < -0.39 is 28.6 Å². The Morgan fingerprint density at radius 1 is 1.14 bits per heavy atom. The molecule has 9 nitrogen and oxygen atoms in total. The molecular weight excluding hydrogens is 380 g/mol. The third-order valence-corrected chi connectivity index (χ3v) is 3.64. The molecule has 2 rings (SSSR count). The molecule has 0 saturated carbocycles. The number of carboxylic acids is 1. The maximum atomic E-state index is 11.8. The van der Waals surface area contributed by atoms with E-state index in [2.05, 4.69) is 5.32 Å². The standard InChI is InChI=1S/C20H22N2O7/c1-20(2,3)29-19(25)21-15(18(23)24)12-13-8-10-14(11-9-13)28-17-7-5-4-6-16(17)22(26)27/h4-11,15H,12H2,1-3H3,(H,21,25)(H,23,24)/t15-/m0/s1. The van der Waals surface area contributed by atoms with Gasteiger partial charge in [0.25, 0.3) is 0 Å². The summed E-state index contributed by atoms with van der Waals surface area (Å²) in [6, 6.07) is 11.2. The molecule has 0 saturated heterocycles. The van der Waals surface area contributed by atoms with Gasteiger partial charge in [-0.25, -0.2) is 9.59 Å². The van der Waals surface area contributed by atoms with Gasteiger partial charge in [0.2, 0.25) is 5.75 Å². The van der Waals surface area contributed by atoms with Gasteiger partial charge in [-0.1, -0.05) is 24.3 Å². The second-order valence-electron chi connectivity index (χ2n) is 7.21. The van der Waals surface area contributed by atoms with Gasteiger partial charge in [-0.05, 0) is 44.5 Å². The molecular formula is C20H22N2O7. The number of benzene rings is 2. The lowest BCUT2D eigenvalue weighted by molar-refractivity contribution is -0.385. The number of aliphatic carboxylic acids is 1. The van der Waals surface area contributed by atoms with Gasteiger partial charge in [0, 0.05) is 12.5 Å². The summed E-state index contributed by atoms with van der Waals surface area (Å²) in [5, 5.41) is 22.7. The summed E-state index contributed by atoms with van der Waals surface area (Å²) >= 11 is 0. The second kappa shape index (κ2) is 9.05. The van der Waals surface area contributed by atoms with E-state index in [-0.39, 0.29) is 17.9 Å². The lowest BCUT2D eigenvalue weighted by Gasteiger charge is -2.22. The van der Waals surface area contributed by atoms with Crippen molar-refractivity contribution in [1.82, 2.24) is 5.32 Å². The van der Waals surface area contributed by atoms with Crippen LogP contribution in [0.3, 0.4) is 0 Å². The molecule has 0 fully saturated rings. The van der Waals surface area contributed by atoms with Crippen LogP contribution in [0.4, 0.5) is 10.5 Å². The highest BCUT2D eigenvalue weighted by atomic mass is 16.6. The monoisotopic (exact) mass is 402 g/mol. The fourth-order valence-electron chi connectivity index (χ4n) is 2.40. The highest BCUT2D eigenvalue weighted by Gasteiger charge is 2.24. The maximum Gasteiger partial charge on any atom is 0.408 e. The molecule has 0 aromatic heterocycles. The summed E-state index contributed by atoms with van der Waals surface area (Å²) in [6.07, 6.45) is -0.790. The molecule has 0 aliphatic carbocycles. The Hall–Kier alpha value is -3.62. The minimum atomic E-state index is -1.20. The number of amides is 1. The summed E-state index contributed by atoms with van der Waals surface area (Å²) in [6.45, 7) is 5.04. The number of ether oxygens (including phenoxy) is 2. The number of carbonyl (C=O) groups is 2. The van der Waals surface area contributed by atoms with Crippen LogP contribution in [0.5, 0.6) is 11.5 Å². The van der Waals surface area contributed by atoms with Crippen LogP contribution in [-0.4, -0.2) is 33.7 Å². The average molecular weight is 402 g/mol. The first-order valence-corrected chi connectivity index (χ1v) is 8.77. The van der Waals surface area contributed by atoms with Gasteiger partial charge in [0.15, 0.2) is 0 Å². The molecule has 0 bridgehead atoms. The molecule has 0 aliphatic rings. The molecule has 0 heterocycles. The fourth-order valence-corrected chi connectivity index (χ4v) is 2.40. The van der Waals surface area contributed by atoms with Crippen LogP contribution in [0.2, 0.25) is 0 Å². The second-order valence-corrected chi connectivity index (χ2v) is 7.21. The normalized spacial score (nSPS) is 12.0. The van der Waals surface area contributed by atoms with Gasteiger partial charge in [-0.15, -0.1) is 0 Å². The summed E-state index contributed by atoms with van der Waals surface area (Å²) < 4.78 is 10.6. The first-order valence-electron chi connectivity index (χ1n) is 8.77. The Kier molecular flexibility index (Phi) is 6.76. The highest BCUT2D eigenvalue weighted by Crippen LogP contribution is 2.30. The largest absolute Gasteiger partial charge is 0.480 e. The summed E-state index contributed by atoms with van der Waals surface area (Å²) in [5.41, 5.74) is -0.279. The molecule has 29 heavy (non-hydrogen) atoms. The predicted octanol–water partition coefficient (Wildman–Crippen LogP) is 3.91. The smallest absolute Gasteiger partial charge is 0.408 e. The number of nitro benzene ring substituents is 1. The van der Waals surface area contributed by atoms with Gasteiger partial charge < -0.3 is 19.9 Å². The zero-order valence-electron chi connectivity index (χ0n) is 16.2. The number of carbonyl (C=O) groups excluding carboxylic acids is 1. The van der Waals surface area contributed by atoms with E-state index in [0.717, 1.165) is 0 Å². The molecule has 0 aliphatic heterocycles. The number of carboxylic acid groups (broad SMARTS) is 1. The lowest BCUT2D eigenvalue weighted by atomic mass is 10.1. The number of alkyl carbamates (subject to hydrolysis) is 1.